The molecular weight excluding hydrogens is 494 g/mol. The van der Waals surface area contributed by atoms with Gasteiger partial charge in [-0.3, -0.25) is 4.79 Å². The number of rotatable bonds is 8. The van der Waals surface area contributed by atoms with Crippen LogP contribution in [0, 0.1) is 12.7 Å². The molecule has 0 bridgehead atoms. The van der Waals surface area contributed by atoms with Gasteiger partial charge in [-0.25, -0.2) is 4.39 Å². The predicted octanol–water partition coefficient (Wildman–Crippen LogP) is 7.85. The molecule has 0 spiro atoms. The lowest BCUT2D eigenvalue weighted by atomic mass is 9.98. The molecule has 4 nitrogen and oxygen atoms in total. The van der Waals surface area contributed by atoms with E-state index < -0.39 is 29.2 Å². The van der Waals surface area contributed by atoms with Crippen molar-refractivity contribution in [3.05, 3.63) is 119 Å². The Bertz CT molecular complexity index is 1250. The van der Waals surface area contributed by atoms with Gasteiger partial charge in [0.05, 0.1) is 11.3 Å². The van der Waals surface area contributed by atoms with Gasteiger partial charge < -0.3 is 16.4 Å². The SMILES string of the molecule is C=C(/C=C(\Nc1cccc(CN)c1)C(=O)Nc1cc(C(C)CC)ccc1F)C(F)(F)F.Cc1ccccc1. The second-order valence-electron chi connectivity index (χ2n) is 8.77. The van der Waals surface area contributed by atoms with Crippen molar-refractivity contribution in [3.8, 4) is 0 Å². The average Bonchev–Trinajstić information content (AvgIpc) is 2.89. The Balaban J connectivity index is 0.000000624. The van der Waals surface area contributed by atoms with E-state index in [0.717, 1.165) is 12.0 Å². The number of nitrogens with one attached hydrogen (secondary N) is 2. The minimum absolute atomic E-state index is 0.119. The third-order valence-electron chi connectivity index (χ3n) is 5.73. The van der Waals surface area contributed by atoms with Crippen LogP contribution < -0.4 is 16.4 Å². The number of hydrogen-bond donors (Lipinski definition) is 3. The molecule has 0 aliphatic rings. The maximum Gasteiger partial charge on any atom is 0.415 e. The van der Waals surface area contributed by atoms with E-state index in [0.29, 0.717) is 17.3 Å². The van der Waals surface area contributed by atoms with Crippen LogP contribution in [0.15, 0.2) is 96.7 Å². The van der Waals surface area contributed by atoms with Gasteiger partial charge in [-0.1, -0.05) is 74.5 Å². The average molecular weight is 528 g/mol. The van der Waals surface area contributed by atoms with Gasteiger partial charge >= 0.3 is 6.18 Å². The lowest BCUT2D eigenvalue weighted by Crippen LogP contribution is -2.22. The minimum atomic E-state index is -4.73. The minimum Gasteiger partial charge on any atom is -0.351 e. The molecule has 0 heterocycles. The number of aryl methyl sites for hydroxylation is 1. The summed E-state index contributed by atoms with van der Waals surface area (Å²) in [4.78, 5) is 12.8. The Hall–Kier alpha value is -3.91. The summed E-state index contributed by atoms with van der Waals surface area (Å²) in [7, 11) is 0. The van der Waals surface area contributed by atoms with Gasteiger partial charge in [0.25, 0.3) is 5.91 Å². The maximum absolute atomic E-state index is 14.3. The van der Waals surface area contributed by atoms with E-state index in [-0.39, 0.29) is 18.2 Å². The topological polar surface area (TPSA) is 67.1 Å². The number of anilines is 2. The lowest BCUT2D eigenvalue weighted by molar-refractivity contribution is -0.112. The van der Waals surface area contributed by atoms with Crippen LogP contribution in [0.5, 0.6) is 0 Å². The van der Waals surface area contributed by atoms with Crippen molar-refractivity contribution < 1.29 is 22.4 Å². The summed E-state index contributed by atoms with van der Waals surface area (Å²) in [5.74, 6) is -1.52. The van der Waals surface area contributed by atoms with E-state index >= 15 is 0 Å². The first-order chi connectivity index (χ1) is 17.9. The summed E-state index contributed by atoms with van der Waals surface area (Å²) in [5.41, 5.74) is 6.99. The molecule has 0 aliphatic heterocycles. The zero-order valence-electron chi connectivity index (χ0n) is 21.7. The molecule has 4 N–H and O–H groups in total. The van der Waals surface area contributed by atoms with Crippen molar-refractivity contribution in [2.24, 2.45) is 5.73 Å². The summed E-state index contributed by atoms with van der Waals surface area (Å²) < 4.78 is 53.3. The molecule has 1 atom stereocenters. The zero-order valence-corrected chi connectivity index (χ0v) is 21.7. The standard InChI is InChI=1S/C23H25F4N3O.C7H8/c1-4-14(2)17-8-9-19(24)20(12-17)30-22(31)21(10-15(3)23(25,26)27)29-18-7-5-6-16(11-18)13-28;1-7-5-3-2-4-6-7/h5-12,14,29H,3-4,13,28H2,1-2H3,(H,30,31);2-6H,1H3/b21-10-;. The van der Waals surface area contributed by atoms with Crippen LogP contribution in [-0.2, 0) is 11.3 Å². The summed E-state index contributed by atoms with van der Waals surface area (Å²) in [5, 5.41) is 5.01. The van der Waals surface area contributed by atoms with Gasteiger partial charge in [0, 0.05) is 12.2 Å². The Kier molecular flexibility index (Phi) is 11.3. The zero-order chi connectivity index (χ0) is 28.3. The maximum atomic E-state index is 14.3. The molecule has 8 heteroatoms. The highest BCUT2D eigenvalue weighted by atomic mass is 19.4. The number of halogens is 4. The van der Waals surface area contributed by atoms with Gasteiger partial charge in [0.2, 0.25) is 0 Å². The Labute approximate surface area is 221 Å². The molecule has 0 saturated carbocycles. The summed E-state index contributed by atoms with van der Waals surface area (Å²) >= 11 is 0. The number of benzene rings is 3. The Morgan fingerprint density at radius 1 is 1.03 bits per heavy atom. The molecule has 1 amide bonds. The van der Waals surface area contributed by atoms with Gasteiger partial charge in [-0.2, -0.15) is 13.2 Å². The quantitative estimate of drug-likeness (QED) is 0.159. The smallest absolute Gasteiger partial charge is 0.351 e. The summed E-state index contributed by atoms with van der Waals surface area (Å²) in [6.45, 7) is 9.19. The highest BCUT2D eigenvalue weighted by molar-refractivity contribution is 6.06. The summed E-state index contributed by atoms with van der Waals surface area (Å²) in [6, 6.07) is 21.1. The first kappa shape index (κ1) is 30.3. The Morgan fingerprint density at radius 2 is 1.71 bits per heavy atom. The number of hydrogen-bond acceptors (Lipinski definition) is 3. The van der Waals surface area contributed by atoms with Crippen molar-refractivity contribution in [2.45, 2.75) is 45.8 Å². The number of amides is 1. The van der Waals surface area contributed by atoms with E-state index in [1.54, 1.807) is 30.3 Å². The van der Waals surface area contributed by atoms with E-state index in [2.05, 4.69) is 36.3 Å². The molecule has 3 rings (SSSR count). The molecule has 0 aromatic heterocycles. The van der Waals surface area contributed by atoms with Crippen molar-refractivity contribution in [2.75, 3.05) is 10.6 Å². The monoisotopic (exact) mass is 527 g/mol. The molecule has 0 aliphatic carbocycles. The van der Waals surface area contributed by atoms with E-state index in [1.165, 1.54) is 17.7 Å². The predicted molar refractivity (Wildman–Crippen MR) is 146 cm³/mol. The molecule has 3 aromatic rings. The third kappa shape index (κ3) is 9.52. The lowest BCUT2D eigenvalue weighted by Gasteiger charge is -2.16. The molecule has 0 saturated heterocycles. The van der Waals surface area contributed by atoms with Crippen molar-refractivity contribution in [1.29, 1.82) is 0 Å². The van der Waals surface area contributed by atoms with E-state index in [1.807, 2.05) is 32.0 Å². The van der Waals surface area contributed by atoms with Gasteiger partial charge in [0.1, 0.15) is 11.5 Å². The van der Waals surface area contributed by atoms with Crippen molar-refractivity contribution in [1.82, 2.24) is 0 Å². The van der Waals surface area contributed by atoms with Crippen molar-refractivity contribution >= 4 is 17.3 Å². The van der Waals surface area contributed by atoms with E-state index in [9.17, 15) is 22.4 Å². The number of nitrogens with two attached hydrogens (primary N) is 1. The molecular formula is C30H33F4N3O. The number of carbonyl (C=O) groups is 1. The van der Waals surface area contributed by atoms with Crippen LogP contribution in [-0.4, -0.2) is 12.1 Å². The van der Waals surface area contributed by atoms with Crippen LogP contribution in [0.4, 0.5) is 28.9 Å². The number of carbonyl (C=O) groups excluding carboxylic acids is 1. The normalized spacial score (nSPS) is 12.2. The van der Waals surface area contributed by atoms with Crippen LogP contribution in [0.3, 0.4) is 0 Å². The van der Waals surface area contributed by atoms with Gasteiger partial charge in [-0.05, 0) is 60.7 Å². The van der Waals surface area contributed by atoms with E-state index in [4.69, 9.17) is 5.73 Å². The van der Waals surface area contributed by atoms with Crippen molar-refractivity contribution in [3.63, 3.8) is 0 Å². The van der Waals surface area contributed by atoms with Crippen LogP contribution >= 0.6 is 0 Å². The first-order valence-electron chi connectivity index (χ1n) is 12.1. The van der Waals surface area contributed by atoms with Crippen LogP contribution in [0.25, 0.3) is 0 Å². The highest BCUT2D eigenvalue weighted by Gasteiger charge is 2.31. The molecule has 202 valence electrons. The van der Waals surface area contributed by atoms with Crippen LogP contribution in [0.1, 0.15) is 42.9 Å². The second kappa shape index (κ2) is 14.1. The fraction of sp³-hybridized carbons (Fsp3) is 0.233. The Morgan fingerprint density at radius 3 is 2.26 bits per heavy atom. The largest absolute Gasteiger partial charge is 0.415 e. The molecule has 1 unspecified atom stereocenters. The molecule has 3 aromatic carbocycles. The summed E-state index contributed by atoms with van der Waals surface area (Å²) in [6.07, 6.45) is -3.34. The fourth-order valence-corrected chi connectivity index (χ4v) is 3.25. The highest BCUT2D eigenvalue weighted by Crippen LogP contribution is 2.28. The molecule has 38 heavy (non-hydrogen) atoms. The second-order valence-corrected chi connectivity index (χ2v) is 8.77. The third-order valence-corrected chi connectivity index (χ3v) is 5.73. The fourth-order valence-electron chi connectivity index (χ4n) is 3.25. The van der Waals surface area contributed by atoms with Crippen LogP contribution in [0.2, 0.25) is 0 Å². The van der Waals surface area contributed by atoms with Gasteiger partial charge in [-0.15, -0.1) is 0 Å². The molecule has 0 fully saturated rings. The first-order valence-corrected chi connectivity index (χ1v) is 12.1. The van der Waals surface area contributed by atoms with Gasteiger partial charge in [0.15, 0.2) is 0 Å². The molecule has 0 radical (unpaired) electrons. The number of allylic oxidation sites excluding steroid dienone is 2. The number of alkyl halides is 3.